The molecule has 1 N–H and O–H groups in total. The van der Waals surface area contributed by atoms with Crippen molar-refractivity contribution in [2.75, 3.05) is 13.7 Å². The Balaban J connectivity index is 1.91. The molecule has 0 aliphatic heterocycles. The number of imidazole rings is 1. The van der Waals surface area contributed by atoms with E-state index in [1.807, 2.05) is 25.1 Å². The molecular formula is C18H25N3O3. The Hall–Kier alpha value is -2.24. The zero-order chi connectivity index (χ0) is 17.0. The van der Waals surface area contributed by atoms with Crippen molar-refractivity contribution in [2.45, 2.75) is 51.1 Å². The largest absolute Gasteiger partial charge is 0.497 e. The summed E-state index contributed by atoms with van der Waals surface area (Å²) in [5.41, 5.74) is 1.79. The lowest BCUT2D eigenvalue weighted by Crippen LogP contribution is -2.42. The van der Waals surface area contributed by atoms with E-state index in [4.69, 9.17) is 9.47 Å². The lowest BCUT2D eigenvalue weighted by Gasteiger charge is -2.28. The zero-order valence-electron chi connectivity index (χ0n) is 14.4. The maximum absolute atomic E-state index is 11.0. The van der Waals surface area contributed by atoms with Crippen molar-refractivity contribution in [3.8, 4) is 11.8 Å². The minimum Gasteiger partial charge on any atom is -0.497 e. The van der Waals surface area contributed by atoms with E-state index in [0.29, 0.717) is 12.6 Å². The van der Waals surface area contributed by atoms with Crippen LogP contribution < -0.4 is 14.8 Å². The Bertz CT molecular complexity index is 705. The van der Waals surface area contributed by atoms with Crippen LogP contribution in [-0.4, -0.2) is 35.2 Å². The van der Waals surface area contributed by atoms with Crippen LogP contribution in [0.5, 0.6) is 11.8 Å². The molecule has 0 bridgehead atoms. The second-order valence-electron chi connectivity index (χ2n) is 6.33. The topological polar surface area (TPSA) is 65.4 Å². The van der Waals surface area contributed by atoms with Crippen molar-refractivity contribution in [3.05, 3.63) is 18.2 Å². The summed E-state index contributed by atoms with van der Waals surface area (Å²) in [6.07, 6.45) is 6.10. The summed E-state index contributed by atoms with van der Waals surface area (Å²) in [6, 6.07) is 6.46. The van der Waals surface area contributed by atoms with Crippen molar-refractivity contribution < 1.29 is 14.3 Å². The SMILES string of the molecule is CCOc1nc2ccc(OC)cc2n1CCC1(NC=O)CCCC1. The van der Waals surface area contributed by atoms with Gasteiger partial charge in [-0.25, -0.2) is 0 Å². The first kappa shape index (κ1) is 16.6. The van der Waals surface area contributed by atoms with E-state index in [0.717, 1.165) is 61.8 Å². The molecule has 1 aliphatic rings. The highest BCUT2D eigenvalue weighted by Gasteiger charge is 2.33. The highest BCUT2D eigenvalue weighted by molar-refractivity contribution is 5.78. The van der Waals surface area contributed by atoms with Gasteiger partial charge in [0.1, 0.15) is 5.75 Å². The molecule has 0 unspecified atom stereocenters. The quantitative estimate of drug-likeness (QED) is 0.755. The number of ether oxygens (including phenoxy) is 2. The average Bonchev–Trinajstić information content (AvgIpc) is 3.18. The lowest BCUT2D eigenvalue weighted by molar-refractivity contribution is -0.111. The van der Waals surface area contributed by atoms with Gasteiger partial charge in [0, 0.05) is 18.2 Å². The molecule has 1 heterocycles. The maximum Gasteiger partial charge on any atom is 0.297 e. The predicted molar refractivity (Wildman–Crippen MR) is 92.5 cm³/mol. The Kier molecular flexibility index (Phi) is 4.92. The molecule has 1 aliphatic carbocycles. The number of methoxy groups -OCH3 is 1. The van der Waals surface area contributed by atoms with E-state index in [-0.39, 0.29) is 5.54 Å². The molecule has 6 heteroatoms. The Morgan fingerprint density at radius 3 is 2.83 bits per heavy atom. The number of nitrogens with zero attached hydrogens (tertiary/aromatic N) is 2. The molecule has 3 rings (SSSR count). The number of aromatic nitrogens is 2. The fourth-order valence-electron chi connectivity index (χ4n) is 3.63. The number of rotatable bonds is 8. The summed E-state index contributed by atoms with van der Waals surface area (Å²) < 4.78 is 13.2. The van der Waals surface area contributed by atoms with Crippen molar-refractivity contribution >= 4 is 17.4 Å². The van der Waals surface area contributed by atoms with Crippen molar-refractivity contribution in [3.63, 3.8) is 0 Å². The molecule has 0 atom stereocenters. The summed E-state index contributed by atoms with van der Waals surface area (Å²) in [7, 11) is 1.66. The summed E-state index contributed by atoms with van der Waals surface area (Å²) in [5.74, 6) is 0.799. The van der Waals surface area contributed by atoms with Gasteiger partial charge in [-0.2, -0.15) is 4.98 Å². The average molecular weight is 331 g/mol. The summed E-state index contributed by atoms with van der Waals surface area (Å²) in [4.78, 5) is 15.6. The number of aryl methyl sites for hydroxylation is 1. The molecule has 130 valence electrons. The van der Waals surface area contributed by atoms with Gasteiger partial charge in [0.2, 0.25) is 6.41 Å². The standard InChI is InChI=1S/C18H25N3O3/c1-3-24-17-20-15-7-6-14(23-2)12-16(15)21(17)11-10-18(19-13-22)8-4-5-9-18/h6-7,12-13H,3-5,8-11H2,1-2H3,(H,19,22). The van der Waals surface area contributed by atoms with Crippen molar-refractivity contribution in [1.82, 2.24) is 14.9 Å². The molecule has 0 radical (unpaired) electrons. The first-order valence-corrected chi connectivity index (χ1v) is 8.60. The molecule has 1 aromatic heterocycles. The van der Waals surface area contributed by atoms with Crippen LogP contribution in [0.25, 0.3) is 11.0 Å². The number of benzene rings is 1. The second-order valence-corrected chi connectivity index (χ2v) is 6.33. The lowest BCUT2D eigenvalue weighted by atomic mass is 9.93. The highest BCUT2D eigenvalue weighted by atomic mass is 16.5. The van der Waals surface area contributed by atoms with Gasteiger partial charge >= 0.3 is 0 Å². The Morgan fingerprint density at radius 2 is 2.17 bits per heavy atom. The van der Waals surface area contributed by atoms with E-state index >= 15 is 0 Å². The van der Waals surface area contributed by atoms with Crippen LogP contribution in [0.2, 0.25) is 0 Å². The first-order valence-electron chi connectivity index (χ1n) is 8.60. The minimum atomic E-state index is -0.0965. The van der Waals surface area contributed by atoms with Gasteiger partial charge in [0.15, 0.2) is 0 Å². The fourth-order valence-corrected chi connectivity index (χ4v) is 3.63. The number of carbonyl (C=O) groups excluding carboxylic acids is 1. The van der Waals surface area contributed by atoms with E-state index < -0.39 is 0 Å². The third kappa shape index (κ3) is 3.18. The third-order valence-electron chi connectivity index (χ3n) is 4.93. The summed E-state index contributed by atoms with van der Waals surface area (Å²) in [6.45, 7) is 3.27. The van der Waals surface area contributed by atoms with Gasteiger partial charge < -0.3 is 14.8 Å². The second kappa shape index (κ2) is 7.11. The minimum absolute atomic E-state index is 0.0965. The molecular weight excluding hydrogens is 306 g/mol. The number of amides is 1. The molecule has 6 nitrogen and oxygen atoms in total. The van der Waals surface area contributed by atoms with Gasteiger partial charge in [0.25, 0.3) is 6.01 Å². The molecule has 1 saturated carbocycles. The molecule has 1 aromatic carbocycles. The van der Waals surface area contributed by atoms with Crippen LogP contribution in [0.1, 0.15) is 39.0 Å². The summed E-state index contributed by atoms with van der Waals surface area (Å²) >= 11 is 0. The monoisotopic (exact) mass is 331 g/mol. The zero-order valence-corrected chi connectivity index (χ0v) is 14.4. The fraction of sp³-hybridized carbons (Fsp3) is 0.556. The smallest absolute Gasteiger partial charge is 0.297 e. The van der Waals surface area contributed by atoms with Gasteiger partial charge in [-0.15, -0.1) is 0 Å². The molecule has 1 amide bonds. The van der Waals surface area contributed by atoms with Crippen LogP contribution in [0.3, 0.4) is 0 Å². The van der Waals surface area contributed by atoms with Gasteiger partial charge in [-0.05, 0) is 38.3 Å². The van der Waals surface area contributed by atoms with Crippen LogP contribution in [0.15, 0.2) is 18.2 Å². The summed E-state index contributed by atoms with van der Waals surface area (Å²) in [5, 5.41) is 3.06. The number of carbonyl (C=O) groups is 1. The van der Waals surface area contributed by atoms with Crippen LogP contribution in [0.4, 0.5) is 0 Å². The highest BCUT2D eigenvalue weighted by Crippen LogP contribution is 2.34. The maximum atomic E-state index is 11.0. The van der Waals surface area contributed by atoms with Gasteiger partial charge in [-0.1, -0.05) is 12.8 Å². The van der Waals surface area contributed by atoms with Crippen molar-refractivity contribution in [2.24, 2.45) is 0 Å². The number of fused-ring (bicyclic) bond motifs is 1. The molecule has 24 heavy (non-hydrogen) atoms. The van der Waals surface area contributed by atoms with E-state index in [1.165, 1.54) is 0 Å². The number of hydrogen-bond acceptors (Lipinski definition) is 4. The van der Waals surface area contributed by atoms with E-state index in [1.54, 1.807) is 7.11 Å². The number of hydrogen-bond donors (Lipinski definition) is 1. The first-order chi connectivity index (χ1) is 11.7. The van der Waals surface area contributed by atoms with Crippen LogP contribution in [-0.2, 0) is 11.3 Å². The van der Waals surface area contributed by atoms with Gasteiger partial charge in [-0.3, -0.25) is 9.36 Å². The van der Waals surface area contributed by atoms with Crippen LogP contribution >= 0.6 is 0 Å². The van der Waals surface area contributed by atoms with E-state index in [2.05, 4.69) is 14.9 Å². The predicted octanol–water partition coefficient (Wildman–Crippen LogP) is 2.89. The number of nitrogens with one attached hydrogen (secondary N) is 1. The third-order valence-corrected chi connectivity index (χ3v) is 4.93. The van der Waals surface area contributed by atoms with Crippen molar-refractivity contribution in [1.29, 1.82) is 0 Å². The molecule has 0 spiro atoms. The van der Waals surface area contributed by atoms with Crippen LogP contribution in [0, 0.1) is 0 Å². The molecule has 1 fully saturated rings. The Morgan fingerprint density at radius 1 is 1.38 bits per heavy atom. The molecule has 2 aromatic rings. The normalized spacial score (nSPS) is 16.2. The van der Waals surface area contributed by atoms with E-state index in [9.17, 15) is 4.79 Å². The van der Waals surface area contributed by atoms with Gasteiger partial charge in [0.05, 0.1) is 24.8 Å². The Labute approximate surface area is 142 Å². The molecule has 0 saturated heterocycles.